The van der Waals surface area contributed by atoms with Gasteiger partial charge in [0.05, 0.1) is 35.3 Å². The van der Waals surface area contributed by atoms with Crippen LogP contribution in [0.25, 0.3) is 0 Å². The maximum absolute atomic E-state index is 11.4. The number of hydrogen-bond donors (Lipinski definition) is 0. The van der Waals surface area contributed by atoms with Gasteiger partial charge >= 0.3 is 11.7 Å². The summed E-state index contributed by atoms with van der Waals surface area (Å²) in [6.45, 7) is 0.384. The van der Waals surface area contributed by atoms with E-state index in [4.69, 9.17) is 0 Å². The number of pyridine rings is 1. The highest BCUT2D eigenvalue weighted by molar-refractivity contribution is 7.07. The molecule has 2 aromatic heterocycles. The smallest absolute Gasteiger partial charge is 0.339 e. The summed E-state index contributed by atoms with van der Waals surface area (Å²) in [5, 5.41) is 13.0. The van der Waals surface area contributed by atoms with E-state index in [1.807, 2.05) is 5.38 Å². The van der Waals surface area contributed by atoms with E-state index >= 15 is 0 Å². The SMILES string of the molecule is COC(=O)c1cnc(N(C)Cc2cscn2)c([N+](=O)[O-])c1. The Balaban J connectivity index is 2.34. The van der Waals surface area contributed by atoms with Crippen molar-refractivity contribution in [3.8, 4) is 0 Å². The van der Waals surface area contributed by atoms with E-state index in [9.17, 15) is 14.9 Å². The lowest BCUT2D eigenvalue weighted by molar-refractivity contribution is -0.384. The van der Waals surface area contributed by atoms with E-state index in [1.165, 1.54) is 24.6 Å². The summed E-state index contributed by atoms with van der Waals surface area (Å²) in [4.78, 5) is 31.7. The second kappa shape index (κ2) is 6.27. The first-order valence-corrected chi connectivity index (χ1v) is 6.78. The van der Waals surface area contributed by atoms with Crippen LogP contribution in [0.2, 0.25) is 0 Å². The molecule has 2 heterocycles. The van der Waals surface area contributed by atoms with Crippen molar-refractivity contribution in [1.29, 1.82) is 0 Å². The number of nitrogens with zero attached hydrogens (tertiary/aromatic N) is 4. The lowest BCUT2D eigenvalue weighted by Gasteiger charge is -2.16. The Hall–Kier alpha value is -2.55. The Labute approximate surface area is 124 Å². The van der Waals surface area contributed by atoms with Gasteiger partial charge in [0.25, 0.3) is 0 Å². The molecule has 0 aliphatic heterocycles. The van der Waals surface area contributed by atoms with Crippen LogP contribution in [0.5, 0.6) is 0 Å². The number of hydrogen-bond acceptors (Lipinski definition) is 8. The number of thiazole rings is 1. The molecule has 0 amide bonds. The van der Waals surface area contributed by atoms with Gasteiger partial charge in [-0.05, 0) is 0 Å². The van der Waals surface area contributed by atoms with Crippen LogP contribution < -0.4 is 4.90 Å². The molecule has 0 aromatic carbocycles. The van der Waals surface area contributed by atoms with E-state index in [1.54, 1.807) is 17.5 Å². The number of ether oxygens (including phenoxy) is 1. The summed E-state index contributed by atoms with van der Waals surface area (Å²) in [5.41, 5.74) is 2.26. The van der Waals surface area contributed by atoms with E-state index in [-0.39, 0.29) is 17.1 Å². The highest BCUT2D eigenvalue weighted by Gasteiger charge is 2.22. The minimum absolute atomic E-state index is 0.0370. The van der Waals surface area contributed by atoms with Crippen LogP contribution in [0.15, 0.2) is 23.2 Å². The normalized spacial score (nSPS) is 10.2. The van der Waals surface area contributed by atoms with Crippen molar-refractivity contribution < 1.29 is 14.5 Å². The van der Waals surface area contributed by atoms with E-state index in [0.717, 1.165) is 11.8 Å². The van der Waals surface area contributed by atoms with E-state index in [2.05, 4.69) is 14.7 Å². The Morgan fingerprint density at radius 2 is 2.29 bits per heavy atom. The average Bonchev–Trinajstić information content (AvgIpc) is 2.98. The molecule has 0 saturated carbocycles. The number of methoxy groups -OCH3 is 1. The molecule has 0 radical (unpaired) electrons. The van der Waals surface area contributed by atoms with Gasteiger partial charge < -0.3 is 9.64 Å². The first-order chi connectivity index (χ1) is 10.0. The number of carbonyl (C=O) groups is 1. The molecule has 0 spiro atoms. The van der Waals surface area contributed by atoms with Gasteiger partial charge in [0.15, 0.2) is 0 Å². The minimum Gasteiger partial charge on any atom is -0.465 e. The molecular formula is C12H12N4O4S. The highest BCUT2D eigenvalue weighted by atomic mass is 32.1. The fourth-order valence-electron chi connectivity index (χ4n) is 1.74. The topological polar surface area (TPSA) is 98.5 Å². The standard InChI is InChI=1S/C12H12N4O4S/c1-15(5-9-6-21-7-14-9)11-10(16(18)19)3-8(4-13-11)12(17)20-2/h3-4,6-7H,5H2,1-2H3. The third-order valence-corrected chi connectivity index (χ3v) is 3.34. The summed E-state index contributed by atoms with van der Waals surface area (Å²) < 4.78 is 4.53. The zero-order valence-electron chi connectivity index (χ0n) is 11.3. The van der Waals surface area contributed by atoms with Crippen LogP contribution in [0.3, 0.4) is 0 Å². The number of nitro groups is 1. The number of carbonyl (C=O) groups excluding carboxylic acids is 1. The Kier molecular flexibility index (Phi) is 4.43. The summed E-state index contributed by atoms with van der Waals surface area (Å²) in [5.74, 6) is -0.500. The number of aromatic nitrogens is 2. The fourth-order valence-corrected chi connectivity index (χ4v) is 2.29. The van der Waals surface area contributed by atoms with Crippen molar-refractivity contribution in [2.24, 2.45) is 0 Å². The molecule has 9 heteroatoms. The van der Waals surface area contributed by atoms with Gasteiger partial charge in [0, 0.05) is 24.7 Å². The number of anilines is 1. The van der Waals surface area contributed by atoms with Gasteiger partial charge in [0.2, 0.25) is 5.82 Å². The molecule has 0 bridgehead atoms. The maximum atomic E-state index is 11.4. The van der Waals surface area contributed by atoms with Crippen molar-refractivity contribution in [2.75, 3.05) is 19.1 Å². The maximum Gasteiger partial charge on any atom is 0.339 e. The van der Waals surface area contributed by atoms with Crippen LogP contribution in [-0.2, 0) is 11.3 Å². The summed E-state index contributed by atoms with van der Waals surface area (Å²) in [6.07, 6.45) is 1.26. The molecule has 0 aliphatic carbocycles. The summed E-state index contributed by atoms with van der Waals surface area (Å²) >= 11 is 1.44. The Morgan fingerprint density at radius 1 is 1.52 bits per heavy atom. The van der Waals surface area contributed by atoms with Gasteiger partial charge in [-0.15, -0.1) is 11.3 Å². The Bertz CT molecular complexity index is 659. The van der Waals surface area contributed by atoms with Crippen molar-refractivity contribution in [2.45, 2.75) is 6.54 Å². The van der Waals surface area contributed by atoms with Crippen LogP contribution in [0.4, 0.5) is 11.5 Å². The summed E-state index contributed by atoms with van der Waals surface area (Å²) in [6, 6.07) is 1.16. The number of esters is 1. The van der Waals surface area contributed by atoms with Crippen molar-refractivity contribution >= 4 is 28.8 Å². The predicted octanol–water partition coefficient (Wildman–Crippen LogP) is 1.87. The second-order valence-corrected chi connectivity index (χ2v) is 4.87. The zero-order chi connectivity index (χ0) is 15.4. The first-order valence-electron chi connectivity index (χ1n) is 5.84. The molecule has 0 aliphatic rings. The molecule has 0 fully saturated rings. The van der Waals surface area contributed by atoms with Gasteiger partial charge in [-0.3, -0.25) is 10.1 Å². The lowest BCUT2D eigenvalue weighted by Crippen LogP contribution is -2.19. The van der Waals surface area contributed by atoms with E-state index < -0.39 is 10.9 Å². The summed E-state index contributed by atoms with van der Waals surface area (Å²) in [7, 11) is 2.88. The van der Waals surface area contributed by atoms with Crippen molar-refractivity contribution in [3.05, 3.63) is 44.5 Å². The molecule has 21 heavy (non-hydrogen) atoms. The Morgan fingerprint density at radius 3 is 2.86 bits per heavy atom. The average molecular weight is 308 g/mol. The van der Waals surface area contributed by atoms with Crippen molar-refractivity contribution in [3.63, 3.8) is 0 Å². The molecular weight excluding hydrogens is 296 g/mol. The third kappa shape index (κ3) is 3.31. The highest BCUT2D eigenvalue weighted by Crippen LogP contribution is 2.27. The molecule has 8 nitrogen and oxygen atoms in total. The van der Waals surface area contributed by atoms with Crippen LogP contribution in [0.1, 0.15) is 16.1 Å². The lowest BCUT2D eigenvalue weighted by atomic mass is 10.2. The van der Waals surface area contributed by atoms with Crippen molar-refractivity contribution in [1.82, 2.24) is 9.97 Å². The molecule has 0 unspecified atom stereocenters. The minimum atomic E-state index is -0.667. The molecule has 0 N–H and O–H groups in total. The first kappa shape index (κ1) is 14.9. The van der Waals surface area contributed by atoms with Gasteiger partial charge in [-0.1, -0.05) is 0 Å². The monoisotopic (exact) mass is 308 g/mol. The van der Waals surface area contributed by atoms with Crippen LogP contribution in [-0.4, -0.2) is 35.0 Å². The largest absolute Gasteiger partial charge is 0.465 e. The zero-order valence-corrected chi connectivity index (χ0v) is 12.2. The van der Waals surface area contributed by atoms with Crippen LogP contribution >= 0.6 is 11.3 Å². The second-order valence-electron chi connectivity index (χ2n) is 4.15. The number of rotatable bonds is 5. The predicted molar refractivity (Wildman–Crippen MR) is 76.5 cm³/mol. The quantitative estimate of drug-likeness (QED) is 0.472. The molecule has 0 atom stereocenters. The van der Waals surface area contributed by atoms with Gasteiger partial charge in [-0.2, -0.15) is 0 Å². The molecule has 0 saturated heterocycles. The third-order valence-electron chi connectivity index (χ3n) is 2.71. The van der Waals surface area contributed by atoms with Gasteiger partial charge in [-0.25, -0.2) is 14.8 Å². The van der Waals surface area contributed by atoms with Gasteiger partial charge in [0.1, 0.15) is 0 Å². The van der Waals surface area contributed by atoms with Crippen LogP contribution in [0, 0.1) is 10.1 Å². The fraction of sp³-hybridized carbons (Fsp3) is 0.250. The van der Waals surface area contributed by atoms with E-state index in [0.29, 0.717) is 6.54 Å². The molecule has 110 valence electrons. The molecule has 2 aromatic rings. The molecule has 2 rings (SSSR count).